The molecule has 20 heavy (non-hydrogen) atoms. The van der Waals surface area contributed by atoms with E-state index in [2.05, 4.69) is 15.6 Å². The van der Waals surface area contributed by atoms with Crippen LogP contribution >= 0.6 is 0 Å². The number of aromatic amines is 1. The normalized spacial score (nSPS) is 10.4. The Hall–Kier alpha value is -2.75. The van der Waals surface area contributed by atoms with Gasteiger partial charge in [-0.25, -0.2) is 4.79 Å². The van der Waals surface area contributed by atoms with E-state index in [0.717, 1.165) is 22.2 Å². The highest BCUT2D eigenvalue weighted by Gasteiger charge is 2.05. The molecule has 0 atom stereocenters. The molecule has 3 N–H and O–H groups in total. The first-order valence-corrected chi connectivity index (χ1v) is 6.48. The van der Waals surface area contributed by atoms with Crippen molar-refractivity contribution in [1.82, 2.24) is 10.3 Å². The molecule has 0 aliphatic heterocycles. The number of hydrogen-bond acceptors (Lipinski definition) is 1. The zero-order chi connectivity index (χ0) is 13.8. The zero-order valence-electron chi connectivity index (χ0n) is 10.9. The fourth-order valence-corrected chi connectivity index (χ4v) is 2.13. The van der Waals surface area contributed by atoms with E-state index in [0.29, 0.717) is 6.54 Å². The summed E-state index contributed by atoms with van der Waals surface area (Å²) in [5.74, 6) is 0. The van der Waals surface area contributed by atoms with Gasteiger partial charge in [-0.1, -0.05) is 42.5 Å². The lowest BCUT2D eigenvalue weighted by Gasteiger charge is -2.08. The van der Waals surface area contributed by atoms with E-state index in [1.807, 2.05) is 60.8 Å². The van der Waals surface area contributed by atoms with Crippen LogP contribution in [0.15, 0.2) is 60.8 Å². The van der Waals surface area contributed by atoms with Crippen LogP contribution in [-0.2, 0) is 6.54 Å². The maximum absolute atomic E-state index is 11.9. The number of hydrogen-bond donors (Lipinski definition) is 3. The van der Waals surface area contributed by atoms with E-state index >= 15 is 0 Å². The van der Waals surface area contributed by atoms with Gasteiger partial charge in [-0.2, -0.15) is 0 Å². The number of anilines is 1. The van der Waals surface area contributed by atoms with E-state index in [9.17, 15) is 4.79 Å². The maximum Gasteiger partial charge on any atom is 0.319 e. The number of H-pyrrole nitrogens is 1. The number of benzene rings is 2. The number of urea groups is 1. The van der Waals surface area contributed by atoms with Gasteiger partial charge in [0.05, 0.1) is 11.2 Å². The molecule has 2 amide bonds. The first-order valence-electron chi connectivity index (χ1n) is 6.48. The molecule has 0 aliphatic rings. The third kappa shape index (κ3) is 2.64. The molecule has 4 heteroatoms. The van der Waals surface area contributed by atoms with Crippen LogP contribution in [0.3, 0.4) is 0 Å². The maximum atomic E-state index is 11.9. The van der Waals surface area contributed by atoms with Crippen molar-refractivity contribution in [1.29, 1.82) is 0 Å². The fourth-order valence-electron chi connectivity index (χ4n) is 2.13. The topological polar surface area (TPSA) is 56.9 Å². The molecule has 0 radical (unpaired) electrons. The van der Waals surface area contributed by atoms with Crippen LogP contribution in [0.5, 0.6) is 0 Å². The lowest BCUT2D eigenvalue weighted by Crippen LogP contribution is -2.28. The van der Waals surface area contributed by atoms with E-state index in [-0.39, 0.29) is 6.03 Å². The largest absolute Gasteiger partial charge is 0.359 e. The summed E-state index contributed by atoms with van der Waals surface area (Å²) in [4.78, 5) is 15.0. The summed E-state index contributed by atoms with van der Waals surface area (Å²) in [7, 11) is 0. The number of aromatic nitrogens is 1. The summed E-state index contributed by atoms with van der Waals surface area (Å²) in [5, 5.41) is 6.78. The van der Waals surface area contributed by atoms with Crippen molar-refractivity contribution in [3.63, 3.8) is 0 Å². The van der Waals surface area contributed by atoms with Crippen molar-refractivity contribution in [3.8, 4) is 0 Å². The van der Waals surface area contributed by atoms with Gasteiger partial charge in [-0.05, 0) is 17.7 Å². The molecule has 0 aliphatic carbocycles. The summed E-state index contributed by atoms with van der Waals surface area (Å²) >= 11 is 0. The molecule has 4 nitrogen and oxygen atoms in total. The second-order valence-corrected chi connectivity index (χ2v) is 4.54. The number of carbonyl (C=O) groups excluding carboxylic acids is 1. The number of fused-ring (bicyclic) bond motifs is 1. The van der Waals surface area contributed by atoms with E-state index in [4.69, 9.17) is 0 Å². The molecule has 0 fully saturated rings. The SMILES string of the molecule is O=C(NCc1ccccc1)Nc1cccc2cc[nH]c12. The number of para-hydroxylation sites is 1. The average Bonchev–Trinajstić information content (AvgIpc) is 2.96. The average molecular weight is 265 g/mol. The Morgan fingerprint density at radius 2 is 1.85 bits per heavy atom. The van der Waals surface area contributed by atoms with Crippen LogP contribution < -0.4 is 10.6 Å². The zero-order valence-corrected chi connectivity index (χ0v) is 10.9. The molecule has 0 unspecified atom stereocenters. The van der Waals surface area contributed by atoms with Crippen LogP contribution in [0.2, 0.25) is 0 Å². The number of nitrogens with one attached hydrogen (secondary N) is 3. The second kappa shape index (κ2) is 5.48. The van der Waals surface area contributed by atoms with Gasteiger partial charge in [-0.15, -0.1) is 0 Å². The third-order valence-electron chi connectivity index (χ3n) is 3.13. The smallest absolute Gasteiger partial charge is 0.319 e. The highest BCUT2D eigenvalue weighted by atomic mass is 16.2. The highest BCUT2D eigenvalue weighted by molar-refractivity contribution is 5.99. The van der Waals surface area contributed by atoms with Crippen LogP contribution in [0.4, 0.5) is 10.5 Å². The first kappa shape index (κ1) is 12.3. The van der Waals surface area contributed by atoms with E-state index < -0.39 is 0 Å². The lowest BCUT2D eigenvalue weighted by atomic mass is 10.2. The quantitative estimate of drug-likeness (QED) is 0.667. The Labute approximate surface area is 116 Å². The summed E-state index contributed by atoms with van der Waals surface area (Å²) < 4.78 is 0. The summed E-state index contributed by atoms with van der Waals surface area (Å²) in [5.41, 5.74) is 2.78. The monoisotopic (exact) mass is 265 g/mol. The molecule has 0 bridgehead atoms. The molecule has 0 saturated heterocycles. The molecule has 2 aromatic carbocycles. The molecule has 0 saturated carbocycles. The summed E-state index contributed by atoms with van der Waals surface area (Å²) in [6, 6.07) is 17.4. The van der Waals surface area contributed by atoms with Gasteiger partial charge in [0.1, 0.15) is 0 Å². The Bertz CT molecular complexity index is 719. The Morgan fingerprint density at radius 1 is 1.00 bits per heavy atom. The fraction of sp³-hybridized carbons (Fsp3) is 0.0625. The molecule has 3 aromatic rings. The van der Waals surface area contributed by atoms with Crippen LogP contribution in [0, 0.1) is 0 Å². The van der Waals surface area contributed by atoms with E-state index in [1.165, 1.54) is 0 Å². The van der Waals surface area contributed by atoms with Crippen molar-refractivity contribution in [2.75, 3.05) is 5.32 Å². The van der Waals surface area contributed by atoms with Gasteiger partial charge < -0.3 is 15.6 Å². The minimum Gasteiger partial charge on any atom is -0.359 e. The molecule has 100 valence electrons. The van der Waals surface area contributed by atoms with Crippen molar-refractivity contribution in [3.05, 3.63) is 66.4 Å². The Morgan fingerprint density at radius 3 is 2.70 bits per heavy atom. The molecule has 0 spiro atoms. The predicted molar refractivity (Wildman–Crippen MR) is 80.6 cm³/mol. The van der Waals surface area contributed by atoms with Crippen molar-refractivity contribution in [2.45, 2.75) is 6.54 Å². The Balaban J connectivity index is 1.66. The molecule has 3 rings (SSSR count). The van der Waals surface area contributed by atoms with Crippen LogP contribution in [0.25, 0.3) is 10.9 Å². The molecule has 1 aromatic heterocycles. The van der Waals surface area contributed by atoms with Gasteiger partial charge in [-0.3, -0.25) is 0 Å². The van der Waals surface area contributed by atoms with Crippen molar-refractivity contribution < 1.29 is 4.79 Å². The summed E-state index contributed by atoms with van der Waals surface area (Å²) in [6.45, 7) is 0.507. The standard InChI is InChI=1S/C16H15N3O/c20-16(18-11-12-5-2-1-3-6-12)19-14-8-4-7-13-9-10-17-15(13)14/h1-10,17H,11H2,(H2,18,19,20). The van der Waals surface area contributed by atoms with Gasteiger partial charge in [0.25, 0.3) is 0 Å². The minimum absolute atomic E-state index is 0.212. The van der Waals surface area contributed by atoms with Gasteiger partial charge in [0.2, 0.25) is 0 Å². The number of carbonyl (C=O) groups is 1. The van der Waals surface area contributed by atoms with Crippen LogP contribution in [0.1, 0.15) is 5.56 Å². The minimum atomic E-state index is -0.212. The highest BCUT2D eigenvalue weighted by Crippen LogP contribution is 2.21. The van der Waals surface area contributed by atoms with Gasteiger partial charge >= 0.3 is 6.03 Å². The Kier molecular flexibility index (Phi) is 3.37. The molecule has 1 heterocycles. The second-order valence-electron chi connectivity index (χ2n) is 4.54. The third-order valence-corrected chi connectivity index (χ3v) is 3.13. The van der Waals surface area contributed by atoms with Crippen molar-refractivity contribution in [2.24, 2.45) is 0 Å². The summed E-state index contributed by atoms with van der Waals surface area (Å²) in [6.07, 6.45) is 1.86. The predicted octanol–water partition coefficient (Wildman–Crippen LogP) is 3.49. The first-order chi connectivity index (χ1) is 9.83. The molecular formula is C16H15N3O. The van der Waals surface area contributed by atoms with Crippen molar-refractivity contribution >= 4 is 22.6 Å². The van der Waals surface area contributed by atoms with E-state index in [1.54, 1.807) is 0 Å². The lowest BCUT2D eigenvalue weighted by molar-refractivity contribution is 0.252. The number of amides is 2. The molecular weight excluding hydrogens is 250 g/mol. The van der Waals surface area contributed by atoms with Gasteiger partial charge in [0.15, 0.2) is 0 Å². The van der Waals surface area contributed by atoms with Gasteiger partial charge in [0, 0.05) is 18.1 Å². The number of rotatable bonds is 3. The van der Waals surface area contributed by atoms with Crippen LogP contribution in [-0.4, -0.2) is 11.0 Å².